The number of fused-ring (bicyclic) bond motifs is 1. The van der Waals surface area contributed by atoms with E-state index in [1.54, 1.807) is 6.20 Å². The van der Waals surface area contributed by atoms with Crippen LogP contribution in [0.2, 0.25) is 5.02 Å². The molecule has 2 aromatic rings. The molecular weight excluding hydrogens is 276 g/mol. The fraction of sp³-hybridized carbons (Fsp3) is 0.333. The molecule has 0 spiro atoms. The molecule has 4 nitrogen and oxygen atoms in total. The van der Waals surface area contributed by atoms with Crippen LogP contribution in [0.25, 0.3) is 10.9 Å². The molecule has 0 N–H and O–H groups in total. The number of ether oxygens (including phenoxy) is 1. The van der Waals surface area contributed by atoms with Gasteiger partial charge in [-0.1, -0.05) is 11.6 Å². The highest BCUT2D eigenvalue weighted by Crippen LogP contribution is 2.32. The molecule has 0 saturated carbocycles. The van der Waals surface area contributed by atoms with Crippen LogP contribution >= 0.6 is 11.6 Å². The van der Waals surface area contributed by atoms with E-state index < -0.39 is 0 Å². The molecule has 1 aliphatic rings. The number of anilines is 1. The van der Waals surface area contributed by atoms with Crippen molar-refractivity contribution >= 4 is 34.2 Å². The van der Waals surface area contributed by atoms with Crippen LogP contribution in [0, 0.1) is 0 Å². The number of pyridine rings is 1. The third kappa shape index (κ3) is 2.20. The summed E-state index contributed by atoms with van der Waals surface area (Å²) in [5.41, 5.74) is 1.85. The highest BCUT2D eigenvalue weighted by molar-refractivity contribution is 6.31. The summed E-state index contributed by atoms with van der Waals surface area (Å²) < 4.78 is 4.90. The fourth-order valence-corrected chi connectivity index (χ4v) is 2.96. The van der Waals surface area contributed by atoms with Crippen molar-refractivity contribution in [2.45, 2.75) is 18.9 Å². The standard InChI is InChI=1S/C15H15ClN2O2/c1-20-15(19)14-3-2-8-18(14)13-6-7-17-12-9-10(16)4-5-11(12)13/h4-7,9,14H,2-3,8H2,1H3. The van der Waals surface area contributed by atoms with Crippen molar-refractivity contribution in [1.82, 2.24) is 4.98 Å². The zero-order valence-corrected chi connectivity index (χ0v) is 11.9. The lowest BCUT2D eigenvalue weighted by molar-refractivity contribution is -0.141. The molecule has 1 aromatic carbocycles. The van der Waals surface area contributed by atoms with Gasteiger partial charge < -0.3 is 9.64 Å². The van der Waals surface area contributed by atoms with E-state index in [0.717, 1.165) is 36.0 Å². The number of hydrogen-bond donors (Lipinski definition) is 0. The van der Waals surface area contributed by atoms with Crippen molar-refractivity contribution in [2.24, 2.45) is 0 Å². The maximum absolute atomic E-state index is 11.9. The number of carbonyl (C=O) groups excluding carboxylic acids is 1. The lowest BCUT2D eigenvalue weighted by atomic mass is 10.1. The Bertz CT molecular complexity index is 659. The minimum Gasteiger partial charge on any atom is -0.467 e. The van der Waals surface area contributed by atoms with E-state index in [2.05, 4.69) is 9.88 Å². The molecule has 1 aliphatic heterocycles. The molecule has 1 aromatic heterocycles. The molecule has 1 unspecified atom stereocenters. The van der Waals surface area contributed by atoms with Crippen molar-refractivity contribution in [2.75, 3.05) is 18.6 Å². The summed E-state index contributed by atoms with van der Waals surface area (Å²) >= 11 is 6.00. The number of aromatic nitrogens is 1. The van der Waals surface area contributed by atoms with Gasteiger partial charge in [0.15, 0.2) is 0 Å². The van der Waals surface area contributed by atoms with Crippen LogP contribution in [0.1, 0.15) is 12.8 Å². The molecule has 5 heteroatoms. The number of methoxy groups -OCH3 is 1. The normalized spacial score (nSPS) is 18.5. The summed E-state index contributed by atoms with van der Waals surface area (Å²) in [5, 5.41) is 1.67. The predicted octanol–water partition coefficient (Wildman–Crippen LogP) is 3.03. The summed E-state index contributed by atoms with van der Waals surface area (Å²) in [7, 11) is 1.43. The van der Waals surface area contributed by atoms with Crippen LogP contribution in [-0.4, -0.2) is 30.6 Å². The minimum absolute atomic E-state index is 0.179. The van der Waals surface area contributed by atoms with E-state index in [-0.39, 0.29) is 12.0 Å². The van der Waals surface area contributed by atoms with Gasteiger partial charge in [0.2, 0.25) is 0 Å². The largest absolute Gasteiger partial charge is 0.467 e. The van der Waals surface area contributed by atoms with Crippen molar-refractivity contribution in [3.8, 4) is 0 Å². The molecule has 3 rings (SSSR count). The molecule has 0 amide bonds. The average Bonchev–Trinajstić information content (AvgIpc) is 2.94. The van der Waals surface area contributed by atoms with Gasteiger partial charge in [-0.2, -0.15) is 0 Å². The Hall–Kier alpha value is -1.81. The summed E-state index contributed by atoms with van der Waals surface area (Å²) in [4.78, 5) is 18.3. The van der Waals surface area contributed by atoms with E-state index in [1.807, 2.05) is 24.3 Å². The van der Waals surface area contributed by atoms with E-state index in [9.17, 15) is 4.79 Å². The van der Waals surface area contributed by atoms with E-state index >= 15 is 0 Å². The van der Waals surface area contributed by atoms with Crippen LogP contribution in [0.3, 0.4) is 0 Å². The molecule has 0 bridgehead atoms. The average molecular weight is 291 g/mol. The van der Waals surface area contributed by atoms with E-state index in [4.69, 9.17) is 16.3 Å². The highest BCUT2D eigenvalue weighted by atomic mass is 35.5. The van der Waals surface area contributed by atoms with Gasteiger partial charge in [0, 0.05) is 28.8 Å². The van der Waals surface area contributed by atoms with Gasteiger partial charge in [-0.05, 0) is 37.1 Å². The van der Waals surface area contributed by atoms with Crippen LogP contribution in [-0.2, 0) is 9.53 Å². The molecule has 0 radical (unpaired) electrons. The SMILES string of the molecule is COC(=O)C1CCCN1c1ccnc2cc(Cl)ccc12. The first kappa shape index (κ1) is 13.2. The number of hydrogen-bond acceptors (Lipinski definition) is 4. The number of benzene rings is 1. The van der Waals surface area contributed by atoms with E-state index in [0.29, 0.717) is 5.02 Å². The number of carbonyl (C=O) groups is 1. The smallest absolute Gasteiger partial charge is 0.328 e. The Kier molecular flexibility index (Phi) is 3.49. The third-order valence-corrected chi connectivity index (χ3v) is 3.95. The Morgan fingerprint density at radius 3 is 3.10 bits per heavy atom. The minimum atomic E-state index is -0.207. The Balaban J connectivity index is 2.07. The number of nitrogens with zero attached hydrogens (tertiary/aromatic N) is 2. The topological polar surface area (TPSA) is 42.4 Å². The van der Waals surface area contributed by atoms with Crippen molar-refractivity contribution in [3.63, 3.8) is 0 Å². The number of halogens is 1. The van der Waals surface area contributed by atoms with Gasteiger partial charge in [-0.25, -0.2) is 4.79 Å². The Labute approximate surface area is 122 Å². The summed E-state index contributed by atoms with van der Waals surface area (Å²) in [6.45, 7) is 0.849. The van der Waals surface area contributed by atoms with Crippen LogP contribution in [0.4, 0.5) is 5.69 Å². The monoisotopic (exact) mass is 290 g/mol. The maximum atomic E-state index is 11.9. The van der Waals surface area contributed by atoms with Crippen molar-refractivity contribution in [3.05, 3.63) is 35.5 Å². The van der Waals surface area contributed by atoms with Gasteiger partial charge in [0.05, 0.1) is 12.6 Å². The first-order valence-electron chi connectivity index (χ1n) is 6.59. The number of esters is 1. The van der Waals surface area contributed by atoms with Crippen molar-refractivity contribution in [1.29, 1.82) is 0 Å². The van der Waals surface area contributed by atoms with Gasteiger partial charge in [0.1, 0.15) is 6.04 Å². The second-order valence-corrected chi connectivity index (χ2v) is 5.30. The molecule has 20 heavy (non-hydrogen) atoms. The summed E-state index contributed by atoms with van der Waals surface area (Å²) in [5.74, 6) is -0.179. The van der Waals surface area contributed by atoms with Gasteiger partial charge in [-0.3, -0.25) is 4.98 Å². The first-order chi connectivity index (χ1) is 9.70. The zero-order valence-electron chi connectivity index (χ0n) is 11.2. The quantitative estimate of drug-likeness (QED) is 0.797. The lowest BCUT2D eigenvalue weighted by Crippen LogP contribution is -2.36. The summed E-state index contributed by atoms with van der Waals surface area (Å²) in [6.07, 6.45) is 3.56. The second kappa shape index (κ2) is 5.29. The zero-order chi connectivity index (χ0) is 14.1. The van der Waals surface area contributed by atoms with Gasteiger partial charge in [-0.15, -0.1) is 0 Å². The van der Waals surface area contributed by atoms with Crippen molar-refractivity contribution < 1.29 is 9.53 Å². The van der Waals surface area contributed by atoms with Gasteiger partial charge >= 0.3 is 5.97 Å². The van der Waals surface area contributed by atoms with Crippen LogP contribution in [0.15, 0.2) is 30.5 Å². The molecule has 1 atom stereocenters. The lowest BCUT2D eigenvalue weighted by Gasteiger charge is -2.25. The predicted molar refractivity (Wildman–Crippen MR) is 79.1 cm³/mol. The molecule has 1 saturated heterocycles. The van der Waals surface area contributed by atoms with Crippen LogP contribution in [0.5, 0.6) is 0 Å². The van der Waals surface area contributed by atoms with Crippen LogP contribution < -0.4 is 4.90 Å². The molecule has 1 fully saturated rings. The van der Waals surface area contributed by atoms with Gasteiger partial charge in [0.25, 0.3) is 0 Å². The molecule has 104 valence electrons. The first-order valence-corrected chi connectivity index (χ1v) is 6.97. The molecule has 2 heterocycles. The third-order valence-electron chi connectivity index (χ3n) is 3.72. The highest BCUT2D eigenvalue weighted by Gasteiger charge is 2.32. The molecule has 0 aliphatic carbocycles. The molecular formula is C15H15ClN2O2. The Morgan fingerprint density at radius 1 is 1.45 bits per heavy atom. The maximum Gasteiger partial charge on any atom is 0.328 e. The Morgan fingerprint density at radius 2 is 2.30 bits per heavy atom. The fourth-order valence-electron chi connectivity index (χ4n) is 2.79. The van der Waals surface area contributed by atoms with E-state index in [1.165, 1.54) is 7.11 Å². The number of rotatable bonds is 2. The summed E-state index contributed by atoms with van der Waals surface area (Å²) in [6, 6.07) is 7.37. The second-order valence-electron chi connectivity index (χ2n) is 4.87.